The van der Waals surface area contributed by atoms with Crippen LogP contribution in [0.15, 0.2) is 88.2 Å². The van der Waals surface area contributed by atoms with Crippen molar-refractivity contribution >= 4 is 39.5 Å². The van der Waals surface area contributed by atoms with Crippen molar-refractivity contribution in [2.75, 3.05) is 12.8 Å². The van der Waals surface area contributed by atoms with E-state index in [4.69, 9.17) is 0 Å². The first-order valence-corrected chi connectivity index (χ1v) is 12.7. The molecule has 2 amide bonds. The van der Waals surface area contributed by atoms with E-state index in [9.17, 15) is 9.59 Å². The van der Waals surface area contributed by atoms with Crippen LogP contribution in [0.5, 0.6) is 0 Å². The molecule has 0 aliphatic carbocycles. The highest BCUT2D eigenvalue weighted by Crippen LogP contribution is 2.22. The minimum absolute atomic E-state index is 0.0259. The van der Waals surface area contributed by atoms with Gasteiger partial charge in [-0.05, 0) is 42.3 Å². The topological polar surface area (TPSA) is 49.4 Å². The van der Waals surface area contributed by atoms with E-state index < -0.39 is 6.04 Å². The van der Waals surface area contributed by atoms with E-state index in [0.717, 1.165) is 20.5 Å². The van der Waals surface area contributed by atoms with Crippen molar-refractivity contribution in [1.82, 2.24) is 10.2 Å². The molecule has 0 aliphatic rings. The molecule has 3 rings (SSSR count). The third kappa shape index (κ3) is 7.76. The van der Waals surface area contributed by atoms with Crippen LogP contribution in [0, 0.1) is 6.92 Å². The van der Waals surface area contributed by atoms with E-state index in [2.05, 4.69) is 52.4 Å². The van der Waals surface area contributed by atoms with Crippen LogP contribution in [0.3, 0.4) is 0 Å². The second-order valence-corrected chi connectivity index (χ2v) is 9.96. The summed E-state index contributed by atoms with van der Waals surface area (Å²) in [6, 6.07) is 25.4. The van der Waals surface area contributed by atoms with Gasteiger partial charge in [-0.25, -0.2) is 0 Å². The van der Waals surface area contributed by atoms with Crippen LogP contribution in [-0.4, -0.2) is 35.6 Å². The molecule has 0 saturated carbocycles. The number of rotatable bonds is 10. The van der Waals surface area contributed by atoms with Gasteiger partial charge < -0.3 is 10.2 Å². The number of carbonyl (C=O) groups excluding carboxylic acids is 2. The Morgan fingerprint density at radius 1 is 0.939 bits per heavy atom. The molecule has 0 unspecified atom stereocenters. The SMILES string of the molecule is CNC(=O)[C@@H](Cc1ccccc1)N(Cc1ccc(Br)cc1)C(=O)CCSc1ccc(C)cc1. The Labute approximate surface area is 208 Å². The number of likely N-dealkylation sites (N-methyl/N-ethyl adjacent to an activating group) is 1. The maximum atomic E-state index is 13.4. The lowest BCUT2D eigenvalue weighted by Crippen LogP contribution is -2.49. The second kappa shape index (κ2) is 12.6. The Balaban J connectivity index is 1.79. The van der Waals surface area contributed by atoms with Crippen molar-refractivity contribution in [1.29, 1.82) is 0 Å². The number of hydrogen-bond acceptors (Lipinski definition) is 3. The summed E-state index contributed by atoms with van der Waals surface area (Å²) in [4.78, 5) is 29.2. The summed E-state index contributed by atoms with van der Waals surface area (Å²) in [6.45, 7) is 2.44. The van der Waals surface area contributed by atoms with E-state index in [1.807, 2.05) is 54.6 Å². The van der Waals surface area contributed by atoms with Gasteiger partial charge in [-0.3, -0.25) is 9.59 Å². The summed E-state index contributed by atoms with van der Waals surface area (Å²) in [6.07, 6.45) is 0.825. The fraction of sp³-hybridized carbons (Fsp3) is 0.259. The number of hydrogen-bond donors (Lipinski definition) is 1. The summed E-state index contributed by atoms with van der Waals surface area (Å²) in [7, 11) is 1.62. The first kappa shape index (κ1) is 25.1. The van der Waals surface area contributed by atoms with Gasteiger partial charge >= 0.3 is 0 Å². The van der Waals surface area contributed by atoms with Crippen molar-refractivity contribution in [3.8, 4) is 0 Å². The normalized spacial score (nSPS) is 11.6. The number of thioether (sulfide) groups is 1. The van der Waals surface area contributed by atoms with Gasteiger partial charge in [-0.2, -0.15) is 0 Å². The van der Waals surface area contributed by atoms with Crippen LogP contribution in [0.4, 0.5) is 0 Å². The molecule has 172 valence electrons. The minimum atomic E-state index is -0.585. The Kier molecular flexibility index (Phi) is 9.58. The van der Waals surface area contributed by atoms with Gasteiger partial charge in [0.1, 0.15) is 6.04 Å². The second-order valence-electron chi connectivity index (χ2n) is 7.88. The highest BCUT2D eigenvalue weighted by molar-refractivity contribution is 9.10. The lowest BCUT2D eigenvalue weighted by molar-refractivity contribution is -0.140. The van der Waals surface area contributed by atoms with Crippen molar-refractivity contribution < 1.29 is 9.59 Å². The molecule has 1 atom stereocenters. The summed E-state index contributed by atoms with van der Waals surface area (Å²) in [5, 5.41) is 2.76. The van der Waals surface area contributed by atoms with Gasteiger partial charge in [0.2, 0.25) is 11.8 Å². The predicted octanol–water partition coefficient (Wildman–Crippen LogP) is 5.63. The summed E-state index contributed by atoms with van der Waals surface area (Å²) >= 11 is 5.12. The number of nitrogens with zero attached hydrogens (tertiary/aromatic N) is 1. The van der Waals surface area contributed by atoms with E-state index >= 15 is 0 Å². The molecule has 3 aromatic rings. The Hall–Kier alpha value is -2.57. The number of halogens is 1. The fourth-order valence-electron chi connectivity index (χ4n) is 3.54. The molecule has 33 heavy (non-hydrogen) atoms. The average molecular weight is 526 g/mol. The highest BCUT2D eigenvalue weighted by Gasteiger charge is 2.29. The Morgan fingerprint density at radius 2 is 1.61 bits per heavy atom. The van der Waals surface area contributed by atoms with Crippen LogP contribution in [0.25, 0.3) is 0 Å². The maximum absolute atomic E-state index is 13.4. The van der Waals surface area contributed by atoms with Gasteiger partial charge in [0.25, 0.3) is 0 Å². The lowest BCUT2D eigenvalue weighted by atomic mass is 10.0. The highest BCUT2D eigenvalue weighted by atomic mass is 79.9. The van der Waals surface area contributed by atoms with Gasteiger partial charge in [-0.1, -0.05) is 76.1 Å². The number of amides is 2. The van der Waals surface area contributed by atoms with E-state index in [1.165, 1.54) is 5.56 Å². The molecule has 0 heterocycles. The van der Waals surface area contributed by atoms with Gasteiger partial charge in [0.05, 0.1) is 0 Å². The number of benzene rings is 3. The zero-order chi connectivity index (χ0) is 23.6. The third-order valence-electron chi connectivity index (χ3n) is 5.39. The average Bonchev–Trinajstić information content (AvgIpc) is 2.83. The molecular formula is C27H29BrN2O2S. The van der Waals surface area contributed by atoms with Gasteiger partial charge in [-0.15, -0.1) is 11.8 Å². The predicted molar refractivity (Wildman–Crippen MR) is 139 cm³/mol. The zero-order valence-corrected chi connectivity index (χ0v) is 21.4. The molecule has 0 aliphatic heterocycles. The largest absolute Gasteiger partial charge is 0.357 e. The quantitative estimate of drug-likeness (QED) is 0.350. The molecule has 6 heteroatoms. The monoisotopic (exact) mass is 524 g/mol. The summed E-state index contributed by atoms with van der Waals surface area (Å²) in [5.41, 5.74) is 3.22. The summed E-state index contributed by atoms with van der Waals surface area (Å²) < 4.78 is 0.978. The Bertz CT molecular complexity index is 1040. The van der Waals surface area contributed by atoms with E-state index in [0.29, 0.717) is 25.1 Å². The molecule has 4 nitrogen and oxygen atoms in total. The zero-order valence-electron chi connectivity index (χ0n) is 19.0. The molecule has 0 fully saturated rings. The van der Waals surface area contributed by atoms with Crippen molar-refractivity contribution in [3.63, 3.8) is 0 Å². The smallest absolute Gasteiger partial charge is 0.242 e. The lowest BCUT2D eigenvalue weighted by Gasteiger charge is -2.31. The van der Waals surface area contributed by atoms with Crippen molar-refractivity contribution in [2.24, 2.45) is 0 Å². The first-order valence-electron chi connectivity index (χ1n) is 10.9. The van der Waals surface area contributed by atoms with Crippen LogP contribution >= 0.6 is 27.7 Å². The molecule has 0 saturated heterocycles. The van der Waals surface area contributed by atoms with Crippen LogP contribution < -0.4 is 5.32 Å². The Morgan fingerprint density at radius 3 is 2.24 bits per heavy atom. The summed E-state index contributed by atoms with van der Waals surface area (Å²) in [5.74, 6) is 0.474. The minimum Gasteiger partial charge on any atom is -0.357 e. The van der Waals surface area contributed by atoms with E-state index in [-0.39, 0.29) is 11.8 Å². The molecule has 1 N–H and O–H groups in total. The molecule has 0 bridgehead atoms. The van der Waals surface area contributed by atoms with Gasteiger partial charge in [0.15, 0.2) is 0 Å². The maximum Gasteiger partial charge on any atom is 0.242 e. The van der Waals surface area contributed by atoms with Gasteiger partial charge in [0, 0.05) is 41.6 Å². The van der Waals surface area contributed by atoms with Crippen LogP contribution in [-0.2, 0) is 22.6 Å². The third-order valence-corrected chi connectivity index (χ3v) is 6.93. The molecule has 0 spiro atoms. The number of aryl methyl sites for hydroxylation is 1. The van der Waals surface area contributed by atoms with Crippen molar-refractivity contribution in [3.05, 3.63) is 100 Å². The van der Waals surface area contributed by atoms with Crippen LogP contribution in [0.2, 0.25) is 0 Å². The molecule has 0 aromatic heterocycles. The molecule has 0 radical (unpaired) electrons. The van der Waals surface area contributed by atoms with Crippen LogP contribution in [0.1, 0.15) is 23.1 Å². The van der Waals surface area contributed by atoms with Crippen molar-refractivity contribution in [2.45, 2.75) is 37.2 Å². The first-order chi connectivity index (χ1) is 16.0. The standard InChI is InChI=1S/C27H29BrN2O2S/c1-20-8-14-24(15-9-20)33-17-16-26(31)30(19-22-10-12-23(28)13-11-22)25(27(32)29-2)18-21-6-4-3-5-7-21/h3-15,25H,16-19H2,1-2H3,(H,29,32)/t25-/m1/s1. The fourth-order valence-corrected chi connectivity index (χ4v) is 4.65. The van der Waals surface area contributed by atoms with E-state index in [1.54, 1.807) is 23.7 Å². The molecule has 3 aromatic carbocycles. The molecular weight excluding hydrogens is 496 g/mol. The number of carbonyl (C=O) groups is 2. The number of nitrogens with one attached hydrogen (secondary N) is 1.